The zero-order valence-corrected chi connectivity index (χ0v) is 10.8. The van der Waals surface area contributed by atoms with E-state index in [1.54, 1.807) is 0 Å². The zero-order valence-electron chi connectivity index (χ0n) is 9.96. The Morgan fingerprint density at radius 3 is 2.35 bits per heavy atom. The number of nitrogen functional groups attached to an aromatic ring is 1. The molecule has 0 aliphatic rings. The second-order valence-electron chi connectivity index (χ2n) is 3.79. The van der Waals surface area contributed by atoms with Crippen molar-refractivity contribution in [1.29, 1.82) is 0 Å². The van der Waals surface area contributed by atoms with Crippen molar-refractivity contribution in [3.8, 4) is 0 Å². The highest BCUT2D eigenvalue weighted by Crippen LogP contribution is 2.35. The predicted molar refractivity (Wildman–Crippen MR) is 69.4 cm³/mol. The maximum Gasteiger partial charge on any atom is 0.263 e. The summed E-state index contributed by atoms with van der Waals surface area (Å²) in [4.78, 5) is 23.2. The fourth-order valence-electron chi connectivity index (χ4n) is 1.33. The molecule has 0 radical (unpaired) electrons. The van der Waals surface area contributed by atoms with Gasteiger partial charge in [-0.3, -0.25) is 9.59 Å². The molecule has 0 bridgehead atoms. The van der Waals surface area contributed by atoms with Gasteiger partial charge in [0.25, 0.3) is 11.8 Å². The van der Waals surface area contributed by atoms with Gasteiger partial charge in [-0.15, -0.1) is 11.3 Å². The minimum Gasteiger partial charge on any atom is -0.397 e. The van der Waals surface area contributed by atoms with E-state index in [1.165, 1.54) is 7.05 Å². The van der Waals surface area contributed by atoms with Crippen LogP contribution in [0, 0.1) is 0 Å². The number of thiophene rings is 1. The molecule has 0 aliphatic carbocycles. The monoisotopic (exact) mass is 256 g/mol. The molecule has 17 heavy (non-hydrogen) atoms. The van der Waals surface area contributed by atoms with Gasteiger partial charge >= 0.3 is 0 Å². The summed E-state index contributed by atoms with van der Waals surface area (Å²) < 4.78 is 0. The number of anilines is 2. The van der Waals surface area contributed by atoms with Gasteiger partial charge in [-0.25, -0.2) is 0 Å². The highest BCUT2D eigenvalue weighted by atomic mass is 32.1. The molecule has 6 N–H and O–H groups in total. The van der Waals surface area contributed by atoms with Crippen LogP contribution in [-0.2, 0) is 0 Å². The number of rotatable bonds is 4. The third-order valence-electron chi connectivity index (χ3n) is 2.04. The van der Waals surface area contributed by atoms with E-state index in [-0.39, 0.29) is 23.2 Å². The number of nitrogens with two attached hydrogens (primary N) is 2. The predicted octanol–water partition coefficient (Wildman–Crippen LogP) is 0.609. The molecule has 0 spiro atoms. The average Bonchev–Trinajstić information content (AvgIpc) is 2.53. The highest BCUT2D eigenvalue weighted by molar-refractivity contribution is 7.19. The Morgan fingerprint density at radius 2 is 1.94 bits per heavy atom. The van der Waals surface area contributed by atoms with Crippen LogP contribution < -0.4 is 22.1 Å². The molecule has 0 atom stereocenters. The van der Waals surface area contributed by atoms with Crippen molar-refractivity contribution in [3.05, 3.63) is 10.4 Å². The van der Waals surface area contributed by atoms with Gasteiger partial charge in [0.1, 0.15) is 9.88 Å². The van der Waals surface area contributed by atoms with Crippen molar-refractivity contribution in [2.75, 3.05) is 18.1 Å². The second-order valence-corrected chi connectivity index (χ2v) is 4.81. The smallest absolute Gasteiger partial charge is 0.263 e. The summed E-state index contributed by atoms with van der Waals surface area (Å²) >= 11 is 1.13. The van der Waals surface area contributed by atoms with Gasteiger partial charge in [-0.05, 0) is 13.8 Å². The number of carbonyl (C=O) groups is 2. The summed E-state index contributed by atoms with van der Waals surface area (Å²) in [5.41, 5.74) is 11.3. The minimum atomic E-state index is -0.642. The van der Waals surface area contributed by atoms with Gasteiger partial charge in [-0.2, -0.15) is 0 Å². The van der Waals surface area contributed by atoms with Crippen molar-refractivity contribution in [2.45, 2.75) is 19.9 Å². The Labute approximate surface area is 103 Å². The van der Waals surface area contributed by atoms with E-state index in [9.17, 15) is 9.59 Å². The Morgan fingerprint density at radius 1 is 1.35 bits per heavy atom. The first-order chi connectivity index (χ1) is 7.88. The van der Waals surface area contributed by atoms with Crippen LogP contribution in [0.2, 0.25) is 0 Å². The van der Waals surface area contributed by atoms with Crippen molar-refractivity contribution < 1.29 is 9.59 Å². The molecule has 94 valence electrons. The molecular formula is C10H16N4O2S. The van der Waals surface area contributed by atoms with Gasteiger partial charge in [-0.1, -0.05) is 0 Å². The van der Waals surface area contributed by atoms with Gasteiger partial charge in [0.05, 0.1) is 11.3 Å². The number of hydrogen-bond acceptors (Lipinski definition) is 5. The van der Waals surface area contributed by atoms with Gasteiger partial charge in [0.15, 0.2) is 0 Å². The lowest BCUT2D eigenvalue weighted by Crippen LogP contribution is -2.19. The highest BCUT2D eigenvalue weighted by Gasteiger charge is 2.23. The number of primary amides is 1. The van der Waals surface area contributed by atoms with Gasteiger partial charge < -0.3 is 22.1 Å². The fraction of sp³-hybridized carbons (Fsp3) is 0.400. The molecule has 0 saturated carbocycles. The first-order valence-corrected chi connectivity index (χ1v) is 5.90. The van der Waals surface area contributed by atoms with Crippen LogP contribution in [0.4, 0.5) is 10.7 Å². The summed E-state index contributed by atoms with van der Waals surface area (Å²) in [6.45, 7) is 3.83. The molecule has 7 heteroatoms. The lowest BCUT2D eigenvalue weighted by Gasteiger charge is -2.08. The van der Waals surface area contributed by atoms with E-state index in [0.29, 0.717) is 9.88 Å². The van der Waals surface area contributed by atoms with Gasteiger partial charge in [0.2, 0.25) is 0 Å². The summed E-state index contributed by atoms with van der Waals surface area (Å²) in [6.07, 6.45) is 0. The number of amides is 2. The van der Waals surface area contributed by atoms with Crippen molar-refractivity contribution >= 4 is 33.8 Å². The molecule has 1 aromatic rings. The van der Waals surface area contributed by atoms with Crippen molar-refractivity contribution in [2.24, 2.45) is 5.73 Å². The van der Waals surface area contributed by atoms with Crippen molar-refractivity contribution in [3.63, 3.8) is 0 Å². The Bertz CT molecular complexity index is 453. The first kappa shape index (κ1) is 13.3. The SMILES string of the molecule is CNC(=O)c1sc(NC(C)C)c(C(N)=O)c1N. The van der Waals surface area contributed by atoms with Crippen LogP contribution in [-0.4, -0.2) is 24.9 Å². The molecule has 0 saturated heterocycles. The average molecular weight is 256 g/mol. The van der Waals surface area contributed by atoms with Gasteiger partial charge in [0, 0.05) is 13.1 Å². The molecular weight excluding hydrogens is 240 g/mol. The van der Waals surface area contributed by atoms with Crippen LogP contribution in [0.15, 0.2) is 0 Å². The quantitative estimate of drug-likeness (QED) is 0.632. The lowest BCUT2D eigenvalue weighted by atomic mass is 10.2. The van der Waals surface area contributed by atoms with E-state index < -0.39 is 5.91 Å². The number of hydrogen-bond donors (Lipinski definition) is 4. The standard InChI is InChI=1S/C10H16N4O2S/c1-4(2)14-10-5(8(12)15)6(11)7(17-10)9(16)13-3/h4,14H,11H2,1-3H3,(H2,12,15)(H,13,16). The maximum absolute atomic E-state index is 11.5. The zero-order chi connectivity index (χ0) is 13.2. The maximum atomic E-state index is 11.5. The Balaban J connectivity index is 3.29. The number of carbonyl (C=O) groups excluding carboxylic acids is 2. The molecule has 0 aliphatic heterocycles. The second kappa shape index (κ2) is 5.05. The summed E-state index contributed by atoms with van der Waals surface area (Å²) in [5.74, 6) is -0.969. The molecule has 1 aromatic heterocycles. The van der Waals surface area contributed by atoms with E-state index in [0.717, 1.165) is 11.3 Å². The van der Waals surface area contributed by atoms with Crippen LogP contribution in [0.25, 0.3) is 0 Å². The topological polar surface area (TPSA) is 110 Å². The fourth-order valence-corrected chi connectivity index (χ4v) is 2.55. The van der Waals surface area contributed by atoms with Crippen LogP contribution in [0.3, 0.4) is 0 Å². The lowest BCUT2D eigenvalue weighted by molar-refractivity contribution is 0.0967. The number of nitrogens with one attached hydrogen (secondary N) is 2. The van der Waals surface area contributed by atoms with Crippen LogP contribution in [0.5, 0.6) is 0 Å². The van der Waals surface area contributed by atoms with E-state index in [2.05, 4.69) is 10.6 Å². The molecule has 6 nitrogen and oxygen atoms in total. The molecule has 1 heterocycles. The van der Waals surface area contributed by atoms with E-state index >= 15 is 0 Å². The van der Waals surface area contributed by atoms with Crippen LogP contribution >= 0.6 is 11.3 Å². The third kappa shape index (κ3) is 2.68. The van der Waals surface area contributed by atoms with Crippen molar-refractivity contribution in [1.82, 2.24) is 5.32 Å². The summed E-state index contributed by atoms with van der Waals surface area (Å²) in [7, 11) is 1.50. The summed E-state index contributed by atoms with van der Waals surface area (Å²) in [5, 5.41) is 6.05. The van der Waals surface area contributed by atoms with E-state index in [4.69, 9.17) is 11.5 Å². The largest absolute Gasteiger partial charge is 0.397 e. The Kier molecular flexibility index (Phi) is 3.95. The first-order valence-electron chi connectivity index (χ1n) is 5.09. The molecule has 2 amide bonds. The molecule has 0 unspecified atom stereocenters. The van der Waals surface area contributed by atoms with Crippen LogP contribution in [0.1, 0.15) is 33.9 Å². The normalized spacial score (nSPS) is 10.4. The Hall–Kier alpha value is -1.76. The van der Waals surface area contributed by atoms with E-state index in [1.807, 2.05) is 13.8 Å². The molecule has 1 rings (SSSR count). The summed E-state index contributed by atoms with van der Waals surface area (Å²) in [6, 6.07) is 0.115. The molecule has 0 aromatic carbocycles. The minimum absolute atomic E-state index is 0.115. The molecule has 0 fully saturated rings. The third-order valence-corrected chi connectivity index (χ3v) is 3.18.